The van der Waals surface area contributed by atoms with Crippen molar-refractivity contribution in [2.24, 2.45) is 0 Å². The average Bonchev–Trinajstić information content (AvgIpc) is 3.16. The first kappa shape index (κ1) is 57.5. The molecule has 25 nitrogen and oxygen atoms in total. The number of carbonyl (C=O) groups excluding carboxylic acids is 3. The Balaban J connectivity index is -0.000000169. The molecule has 11 atom stereocenters. The molecule has 50 heavy (non-hydrogen) atoms. The molecule has 0 aliphatic rings. The molecule has 0 fully saturated rings. The van der Waals surface area contributed by atoms with E-state index >= 15 is 0 Å². The molecule has 0 aliphatic carbocycles. The van der Waals surface area contributed by atoms with Gasteiger partial charge in [0.15, 0.2) is 17.9 Å². The van der Waals surface area contributed by atoms with Crippen molar-refractivity contribution in [2.45, 2.75) is 79.4 Å². The van der Waals surface area contributed by atoms with E-state index < -0.39 is 150 Å². The molecule has 0 radical (unpaired) electrons. The number of aliphatic hydroxyl groups is 22. The fraction of sp³-hybridized carbons (Fsp3) is 0.880. The van der Waals surface area contributed by atoms with E-state index in [-0.39, 0.29) is 6.29 Å². The molecule has 25 heteroatoms. The van der Waals surface area contributed by atoms with Gasteiger partial charge in [0.1, 0.15) is 92.6 Å². The van der Waals surface area contributed by atoms with E-state index in [1.165, 1.54) is 0 Å². The summed E-state index contributed by atoms with van der Waals surface area (Å²) in [6.07, 6.45) is -19.6. The van der Waals surface area contributed by atoms with E-state index in [0.29, 0.717) is 0 Å². The third kappa shape index (κ3) is 27.8. The van der Waals surface area contributed by atoms with E-state index in [9.17, 15) is 14.4 Å². The summed E-state index contributed by atoms with van der Waals surface area (Å²) in [4.78, 5) is 30.4. The van der Waals surface area contributed by atoms with Crippen molar-refractivity contribution >= 4 is 17.9 Å². The maximum absolute atomic E-state index is 10.3. The van der Waals surface area contributed by atoms with Gasteiger partial charge in [-0.2, -0.15) is 0 Å². The van der Waals surface area contributed by atoms with E-state index in [1.54, 1.807) is 0 Å². The van der Waals surface area contributed by atoms with Gasteiger partial charge in [-0.1, -0.05) is 0 Å². The van der Waals surface area contributed by atoms with Crippen LogP contribution >= 0.6 is 0 Å². The molecule has 304 valence electrons. The third-order valence-electron chi connectivity index (χ3n) is 5.47. The lowest BCUT2D eigenvalue weighted by atomic mass is 10.1. The van der Waals surface area contributed by atoms with E-state index in [2.05, 4.69) is 0 Å². The molecule has 0 aromatic carbocycles. The van der Waals surface area contributed by atoms with Gasteiger partial charge in [-0.15, -0.1) is 0 Å². The van der Waals surface area contributed by atoms with Crippen LogP contribution in [0.4, 0.5) is 0 Å². The second-order valence-electron chi connectivity index (χ2n) is 9.49. The van der Waals surface area contributed by atoms with Gasteiger partial charge in [0, 0.05) is 0 Å². The molecule has 0 bridgehead atoms. The fourth-order valence-electron chi connectivity index (χ4n) is 2.18. The zero-order valence-corrected chi connectivity index (χ0v) is 26.5. The largest absolute Gasteiger partial charge is 0.394 e. The molecule has 0 saturated heterocycles. The smallest absolute Gasteiger partial charge is 0.189 e. The van der Waals surface area contributed by atoms with Crippen LogP contribution in [-0.4, -0.2) is 269 Å². The summed E-state index contributed by atoms with van der Waals surface area (Å²) in [5.41, 5.74) is 0. The van der Waals surface area contributed by atoms with Crippen molar-refractivity contribution in [2.75, 3.05) is 59.5 Å². The van der Waals surface area contributed by atoms with E-state index in [1.807, 2.05) is 0 Å². The van der Waals surface area contributed by atoms with Gasteiger partial charge >= 0.3 is 0 Å². The maximum Gasteiger partial charge on any atom is 0.189 e. The van der Waals surface area contributed by atoms with Gasteiger partial charge in [0.2, 0.25) is 0 Å². The van der Waals surface area contributed by atoms with Crippen LogP contribution in [0.5, 0.6) is 0 Å². The van der Waals surface area contributed by atoms with E-state index in [4.69, 9.17) is 112 Å². The predicted molar refractivity (Wildman–Crippen MR) is 158 cm³/mol. The van der Waals surface area contributed by atoms with Crippen LogP contribution in [-0.2, 0) is 14.4 Å². The van der Waals surface area contributed by atoms with Gasteiger partial charge < -0.3 is 117 Å². The monoisotopic (exact) mass is 754 g/mol. The minimum Gasteiger partial charge on any atom is -0.394 e. The van der Waals surface area contributed by atoms with Crippen molar-refractivity contribution in [3.05, 3.63) is 0 Å². The molecule has 22 N–H and O–H groups in total. The van der Waals surface area contributed by atoms with Gasteiger partial charge in [0.25, 0.3) is 0 Å². The SMILES string of the molecule is O=C(CO)C(O)C(O)CO.O=C(CO)C(O)C(O)CO.O=CC(O)C(O)C(O)CO.OCC(O)C(O)C(O)CO.OCC(O)C(O)C(O)CO. The highest BCUT2D eigenvalue weighted by atomic mass is 16.4. The fourth-order valence-corrected chi connectivity index (χ4v) is 2.18. The van der Waals surface area contributed by atoms with Gasteiger partial charge in [-0.3, -0.25) is 9.59 Å². The number of hydrogen-bond donors (Lipinski definition) is 22. The molecule has 0 aromatic heterocycles. The Morgan fingerprint density at radius 3 is 0.720 bits per heavy atom. The Labute approximate surface area is 283 Å². The van der Waals surface area contributed by atoms with Gasteiger partial charge in [-0.05, 0) is 0 Å². The molecule has 0 spiro atoms. The summed E-state index contributed by atoms with van der Waals surface area (Å²) in [6, 6.07) is 0. The minimum absolute atomic E-state index is 0.0869. The van der Waals surface area contributed by atoms with Crippen LogP contribution < -0.4 is 0 Å². The minimum atomic E-state index is -1.69. The summed E-state index contributed by atoms with van der Waals surface area (Å²) in [6.45, 7) is -6.32. The van der Waals surface area contributed by atoms with E-state index in [0.717, 1.165) is 0 Å². The lowest BCUT2D eigenvalue weighted by Crippen LogP contribution is -2.41. The predicted octanol–water partition coefficient (Wildman–Crippen LogP) is -14.1. The Morgan fingerprint density at radius 1 is 0.360 bits per heavy atom. The third-order valence-corrected chi connectivity index (χ3v) is 5.47. The Morgan fingerprint density at radius 2 is 0.560 bits per heavy atom. The average molecular weight is 755 g/mol. The molecule has 0 heterocycles. The first-order chi connectivity index (χ1) is 23.1. The van der Waals surface area contributed by atoms with Gasteiger partial charge in [0.05, 0.1) is 46.2 Å². The van der Waals surface area contributed by atoms with Crippen LogP contribution in [0.15, 0.2) is 0 Å². The summed E-state index contributed by atoms with van der Waals surface area (Å²) in [5, 5.41) is 186. The number of ketones is 2. The Hall–Kier alpha value is -1.87. The van der Waals surface area contributed by atoms with Crippen LogP contribution in [0, 0.1) is 0 Å². The van der Waals surface area contributed by atoms with Crippen molar-refractivity contribution < 1.29 is 127 Å². The molecule has 0 aliphatic heterocycles. The second-order valence-corrected chi connectivity index (χ2v) is 9.49. The normalized spacial score (nSPS) is 18.5. The molecule has 0 amide bonds. The zero-order valence-electron chi connectivity index (χ0n) is 26.5. The summed E-state index contributed by atoms with van der Waals surface area (Å²) >= 11 is 0. The molecule has 0 saturated carbocycles. The van der Waals surface area contributed by atoms with Gasteiger partial charge in [-0.25, -0.2) is 0 Å². The van der Waals surface area contributed by atoms with Crippen LogP contribution in [0.25, 0.3) is 0 Å². The van der Waals surface area contributed by atoms with Crippen molar-refractivity contribution in [3.63, 3.8) is 0 Å². The molecule has 0 aromatic rings. The highest BCUT2D eigenvalue weighted by molar-refractivity contribution is 5.84. The zero-order chi connectivity index (χ0) is 40.7. The number of Topliss-reactive ketones (excluding diaryl/α,β-unsaturated/α-hetero) is 2. The second kappa shape index (κ2) is 35.5. The summed E-state index contributed by atoms with van der Waals surface area (Å²) in [5.74, 6) is -1.80. The maximum atomic E-state index is 10.3. The number of aldehydes is 1. The quantitative estimate of drug-likeness (QED) is 0.0513. The van der Waals surface area contributed by atoms with Crippen molar-refractivity contribution in [3.8, 4) is 0 Å². The van der Waals surface area contributed by atoms with Crippen LogP contribution in [0.3, 0.4) is 0 Å². The Bertz CT molecular complexity index is 723. The standard InChI is InChI=1S/2C5H12O5.3C5H10O5/c5*6-1-3(8)5(10)4(9)2-7/h2*3-10H,1-2H2;2*3,5-8,10H,1-2H2;1,3-5,7-10H,2H2. The lowest BCUT2D eigenvalue weighted by molar-refractivity contribution is -0.137. The molecule has 0 rings (SSSR count). The first-order valence-corrected chi connectivity index (χ1v) is 14.0. The highest BCUT2D eigenvalue weighted by Crippen LogP contribution is 1.99. The lowest BCUT2D eigenvalue weighted by Gasteiger charge is -2.19. The molecular formula is C25H54O25. The highest BCUT2D eigenvalue weighted by Gasteiger charge is 2.25. The van der Waals surface area contributed by atoms with Crippen molar-refractivity contribution in [1.29, 1.82) is 0 Å². The topological polar surface area (TPSA) is 496 Å². The number of rotatable bonds is 20. The molecular weight excluding hydrogens is 700 g/mol. The van der Waals surface area contributed by atoms with Crippen LogP contribution in [0.1, 0.15) is 0 Å². The first-order valence-electron chi connectivity index (χ1n) is 14.0. The van der Waals surface area contributed by atoms with Crippen LogP contribution in [0.2, 0.25) is 0 Å². The number of hydrogen-bond acceptors (Lipinski definition) is 25. The summed E-state index contributed by atoms with van der Waals surface area (Å²) in [7, 11) is 0. The summed E-state index contributed by atoms with van der Waals surface area (Å²) < 4.78 is 0. The van der Waals surface area contributed by atoms with Crippen molar-refractivity contribution in [1.82, 2.24) is 0 Å². The Kier molecular flexibility index (Phi) is 40.8. The molecule has 11 unspecified atom stereocenters. The number of aliphatic hydroxyl groups excluding tert-OH is 22. The number of carbonyl (C=O) groups is 3.